The number of ether oxygens (including phenoxy) is 2. The molecule has 6 rings (SSSR count). The van der Waals surface area contributed by atoms with Gasteiger partial charge >= 0.3 is 6.18 Å². The van der Waals surface area contributed by atoms with Crippen molar-refractivity contribution < 1.29 is 31.2 Å². The summed E-state index contributed by atoms with van der Waals surface area (Å²) in [5.74, 6) is 0.826. The summed E-state index contributed by atoms with van der Waals surface area (Å²) >= 11 is 0. The zero-order valence-electron chi connectivity index (χ0n) is 30.5. The number of benzene rings is 4. The van der Waals surface area contributed by atoms with Crippen LogP contribution in [0.1, 0.15) is 49.4 Å². The van der Waals surface area contributed by atoms with E-state index < -0.39 is 26.9 Å². The van der Waals surface area contributed by atoms with Crippen LogP contribution in [0.3, 0.4) is 0 Å². The Morgan fingerprint density at radius 2 is 1.08 bits per heavy atom. The van der Waals surface area contributed by atoms with Crippen LogP contribution in [0.5, 0.6) is 23.0 Å². The first-order valence-corrected chi connectivity index (χ1v) is 19.8. The topological polar surface area (TPSA) is 66.1 Å². The van der Waals surface area contributed by atoms with Gasteiger partial charge in [-0.3, -0.25) is 14.0 Å². The fourth-order valence-electron chi connectivity index (χ4n) is 6.72. The van der Waals surface area contributed by atoms with Crippen molar-refractivity contribution in [1.29, 1.82) is 0 Å². The first kappa shape index (κ1) is 38.8. The minimum atomic E-state index is -4.60. The van der Waals surface area contributed by atoms with Crippen molar-refractivity contribution >= 4 is 14.9 Å². The number of rotatable bonds is 12. The molecule has 0 bridgehead atoms. The van der Waals surface area contributed by atoms with Crippen molar-refractivity contribution in [2.45, 2.75) is 61.9 Å². The van der Waals surface area contributed by atoms with Gasteiger partial charge in [0.2, 0.25) is 0 Å². The zero-order valence-corrected chi connectivity index (χ0v) is 31.3. The predicted octanol–water partition coefficient (Wildman–Crippen LogP) is 8.22. The Labute approximate surface area is 310 Å². The fourth-order valence-corrected chi connectivity index (χ4v) is 8.92. The van der Waals surface area contributed by atoms with Crippen LogP contribution < -0.4 is 20.1 Å². The predicted molar refractivity (Wildman–Crippen MR) is 202 cm³/mol. The number of alkyl halides is 4. The summed E-state index contributed by atoms with van der Waals surface area (Å²) in [5, 5.41) is 8.37. The van der Waals surface area contributed by atoms with Gasteiger partial charge in [-0.2, -0.15) is 13.2 Å². The molecule has 2 aliphatic heterocycles. The Hall–Kier alpha value is -3.94. The fraction of sp³-hybridized carbons (Fsp3) is 0.390. The Bertz CT molecular complexity index is 1830. The molecule has 1 unspecified atom stereocenters. The highest BCUT2D eigenvalue weighted by Gasteiger charge is 2.35. The Morgan fingerprint density at radius 3 is 1.47 bits per heavy atom. The molecule has 284 valence electrons. The van der Waals surface area contributed by atoms with Gasteiger partial charge in [0.15, 0.2) is 0 Å². The summed E-state index contributed by atoms with van der Waals surface area (Å²) in [7, 11) is -2.88. The first-order chi connectivity index (χ1) is 25.3. The van der Waals surface area contributed by atoms with Gasteiger partial charge in [0.1, 0.15) is 28.7 Å². The van der Waals surface area contributed by atoms with Gasteiger partial charge in [0.25, 0.3) is 0 Å². The van der Waals surface area contributed by atoms with Crippen LogP contribution in [-0.2, 0) is 34.5 Å². The molecule has 2 N–H and O–H groups in total. The van der Waals surface area contributed by atoms with Crippen molar-refractivity contribution in [2.24, 2.45) is 0 Å². The van der Waals surface area contributed by atoms with Crippen LogP contribution in [0.4, 0.5) is 17.6 Å². The molecule has 7 nitrogen and oxygen atoms in total. The van der Waals surface area contributed by atoms with Crippen LogP contribution in [0.25, 0.3) is 0 Å². The number of halogens is 4. The summed E-state index contributed by atoms with van der Waals surface area (Å²) in [4.78, 5) is 5.56. The molecule has 0 amide bonds. The second-order valence-corrected chi connectivity index (χ2v) is 16.5. The average Bonchev–Trinajstić information content (AvgIpc) is 3.12. The summed E-state index contributed by atoms with van der Waals surface area (Å²) in [5.41, 5.74) is -0.302. The lowest BCUT2D eigenvalue weighted by Gasteiger charge is -2.28. The van der Waals surface area contributed by atoms with Crippen molar-refractivity contribution in [3.05, 3.63) is 107 Å². The highest BCUT2D eigenvalue weighted by molar-refractivity contribution is 8.01. The SMILES string of the molecule is CCC=S(=O)(c1ccc(Oc2cc(CN3CCNCC3)ccc2C(C)(C)F)cc1)c1ccc(Oc2cc(CN3CCNCC3)ccc2C(F)(F)F)cc1. The molecule has 53 heavy (non-hydrogen) atoms. The normalized spacial score (nSPS) is 17.3. The summed E-state index contributed by atoms with van der Waals surface area (Å²) in [6.07, 6.45) is -4.08. The van der Waals surface area contributed by atoms with Crippen molar-refractivity contribution in [3.63, 3.8) is 0 Å². The molecular weight excluding hydrogens is 705 g/mol. The van der Waals surface area contributed by atoms with Gasteiger partial charge in [-0.05, 0) is 103 Å². The second kappa shape index (κ2) is 16.6. The molecule has 1 atom stereocenters. The van der Waals surface area contributed by atoms with Gasteiger partial charge < -0.3 is 20.1 Å². The molecule has 0 aromatic heterocycles. The highest BCUT2D eigenvalue weighted by atomic mass is 32.2. The third-order valence-electron chi connectivity index (χ3n) is 9.47. The van der Waals surface area contributed by atoms with E-state index in [1.54, 1.807) is 60.0 Å². The third kappa shape index (κ3) is 9.79. The van der Waals surface area contributed by atoms with E-state index in [4.69, 9.17) is 9.47 Å². The van der Waals surface area contributed by atoms with Gasteiger partial charge in [0.05, 0.1) is 5.56 Å². The minimum Gasteiger partial charge on any atom is -0.457 e. The first-order valence-electron chi connectivity index (χ1n) is 18.1. The number of nitrogens with zero attached hydrogens (tertiary/aromatic N) is 2. The highest BCUT2D eigenvalue weighted by Crippen LogP contribution is 2.40. The van der Waals surface area contributed by atoms with E-state index in [0.717, 1.165) is 76.1 Å². The molecule has 0 spiro atoms. The van der Waals surface area contributed by atoms with Gasteiger partial charge in [0, 0.05) is 90.3 Å². The van der Waals surface area contributed by atoms with Crippen LogP contribution >= 0.6 is 0 Å². The smallest absolute Gasteiger partial charge is 0.419 e. The third-order valence-corrected chi connectivity index (χ3v) is 12.2. The zero-order chi connectivity index (χ0) is 37.6. The maximum atomic E-state index is 15.3. The lowest BCUT2D eigenvalue weighted by atomic mass is 9.97. The molecule has 2 saturated heterocycles. The standard InChI is InChI=1S/C41H48F4N4O3S/c1-4-25-53(50,34-11-7-32(8-12-34)51-38-26-30(5-15-36(38)40(2,3)42)28-48-21-17-46-18-22-48)35-13-9-33(10-14-35)52-39-27-31(6-16-37(39)41(43,44)45)29-49-23-19-47-20-24-49/h5-16,25-27,46-47H,4,17-24,28-29H2,1-3H3. The number of hydrogen-bond donors (Lipinski definition) is 2. The maximum absolute atomic E-state index is 15.3. The maximum Gasteiger partial charge on any atom is 0.419 e. The molecule has 0 saturated carbocycles. The van der Waals surface area contributed by atoms with E-state index in [1.165, 1.54) is 26.0 Å². The van der Waals surface area contributed by atoms with Crippen molar-refractivity contribution in [1.82, 2.24) is 20.4 Å². The largest absolute Gasteiger partial charge is 0.457 e. The van der Waals surface area contributed by atoms with Crippen LogP contribution in [-0.4, -0.2) is 71.7 Å². The monoisotopic (exact) mass is 752 g/mol. The van der Waals surface area contributed by atoms with Gasteiger partial charge in [-0.1, -0.05) is 25.1 Å². The van der Waals surface area contributed by atoms with Crippen LogP contribution in [0.2, 0.25) is 0 Å². The number of nitrogens with one attached hydrogen (secondary N) is 2. The van der Waals surface area contributed by atoms with E-state index >= 15 is 4.39 Å². The molecule has 2 heterocycles. The molecule has 2 fully saturated rings. The van der Waals surface area contributed by atoms with Crippen LogP contribution in [0.15, 0.2) is 94.7 Å². The average molecular weight is 753 g/mol. The summed E-state index contributed by atoms with van der Waals surface area (Å²) in [6, 6.07) is 22.9. The van der Waals surface area contributed by atoms with Gasteiger partial charge in [-0.25, -0.2) is 4.39 Å². The van der Waals surface area contributed by atoms with Gasteiger partial charge in [-0.15, -0.1) is 0 Å². The van der Waals surface area contributed by atoms with Crippen LogP contribution in [0, 0.1) is 0 Å². The molecule has 12 heteroatoms. The van der Waals surface area contributed by atoms with E-state index in [9.17, 15) is 17.4 Å². The minimum absolute atomic E-state index is 0.200. The number of hydrogen-bond acceptors (Lipinski definition) is 7. The van der Waals surface area contributed by atoms with Crippen molar-refractivity contribution in [2.75, 3.05) is 52.4 Å². The number of piperazine rings is 2. The Morgan fingerprint density at radius 1 is 0.660 bits per heavy atom. The molecule has 2 aliphatic rings. The summed E-state index contributed by atoms with van der Waals surface area (Å²) < 4.78 is 84.0. The van der Waals surface area contributed by atoms with E-state index in [0.29, 0.717) is 39.8 Å². The van der Waals surface area contributed by atoms with E-state index in [2.05, 4.69) is 20.4 Å². The van der Waals surface area contributed by atoms with E-state index in [-0.39, 0.29) is 11.5 Å². The Kier molecular flexibility index (Phi) is 12.1. The summed E-state index contributed by atoms with van der Waals surface area (Å²) in [6.45, 7) is 13.2. The second-order valence-electron chi connectivity index (χ2n) is 14.0. The lowest BCUT2D eigenvalue weighted by Crippen LogP contribution is -2.42. The van der Waals surface area contributed by atoms with E-state index in [1.807, 2.05) is 19.1 Å². The molecule has 4 aromatic carbocycles. The molecule has 0 radical (unpaired) electrons. The molecule has 0 aliphatic carbocycles. The lowest BCUT2D eigenvalue weighted by molar-refractivity contribution is -0.138. The molecular formula is C41H48F4N4O3S. The quantitative estimate of drug-likeness (QED) is 0.112. The Balaban J connectivity index is 1.21. The van der Waals surface area contributed by atoms with Crippen molar-refractivity contribution in [3.8, 4) is 23.0 Å². The molecule has 4 aromatic rings.